The maximum absolute atomic E-state index is 12.6. The van der Waals surface area contributed by atoms with Crippen LogP contribution in [0.4, 0.5) is 0 Å². The van der Waals surface area contributed by atoms with E-state index in [1.165, 1.54) is 25.3 Å². The van der Waals surface area contributed by atoms with Gasteiger partial charge in [-0.25, -0.2) is 13.2 Å². The minimum atomic E-state index is -4.04. The van der Waals surface area contributed by atoms with Crippen LogP contribution < -0.4 is 0 Å². The summed E-state index contributed by atoms with van der Waals surface area (Å²) < 4.78 is 30.6. The van der Waals surface area contributed by atoms with Gasteiger partial charge in [0, 0.05) is 6.54 Å². The molecule has 9 heteroatoms. The van der Waals surface area contributed by atoms with E-state index in [1.807, 2.05) is 0 Å². The van der Waals surface area contributed by atoms with E-state index in [2.05, 4.69) is 4.74 Å². The van der Waals surface area contributed by atoms with Gasteiger partial charge in [0.05, 0.1) is 17.7 Å². The number of carbonyl (C=O) groups is 2. The minimum absolute atomic E-state index is 0.114. The largest absolute Gasteiger partial charge is 0.480 e. The van der Waals surface area contributed by atoms with Crippen LogP contribution in [0.5, 0.6) is 0 Å². The fourth-order valence-corrected chi connectivity index (χ4v) is 4.53. The molecule has 1 unspecified atom stereocenters. The molecule has 1 heterocycles. The molecule has 1 aromatic carbocycles. The number of sulfonamides is 1. The number of carboxylic acids is 1. The lowest BCUT2D eigenvalue weighted by molar-refractivity contribution is -0.140. The monoisotopic (exact) mass is 347 g/mol. The number of benzene rings is 1. The molecule has 120 valence electrons. The van der Waals surface area contributed by atoms with E-state index in [9.17, 15) is 18.0 Å². The Morgan fingerprint density at radius 3 is 2.64 bits per heavy atom. The summed E-state index contributed by atoms with van der Waals surface area (Å²) in [4.78, 5) is 22.3. The highest BCUT2D eigenvalue weighted by Gasteiger charge is 2.40. The van der Waals surface area contributed by atoms with Crippen molar-refractivity contribution in [3.8, 4) is 0 Å². The summed E-state index contributed by atoms with van der Waals surface area (Å²) in [5.41, 5.74) is 0.114. The molecule has 0 spiro atoms. The number of rotatable bonds is 4. The fourth-order valence-electron chi connectivity index (χ4n) is 2.36. The van der Waals surface area contributed by atoms with Crippen molar-refractivity contribution in [1.82, 2.24) is 4.31 Å². The Morgan fingerprint density at radius 2 is 2.09 bits per heavy atom. The average Bonchev–Trinajstić information content (AvgIpc) is 2.96. The first-order chi connectivity index (χ1) is 10.3. The van der Waals surface area contributed by atoms with Gasteiger partial charge >= 0.3 is 11.9 Å². The smallest absolute Gasteiger partial charge is 0.337 e. The Kier molecular flexibility index (Phi) is 4.74. The molecule has 1 saturated heterocycles. The SMILES string of the molecule is COC(=O)c1ccc(S(=O)(=O)N2CCCC2C(=O)O)c(Cl)c1. The minimum Gasteiger partial charge on any atom is -0.480 e. The third-order valence-corrected chi connectivity index (χ3v) is 5.82. The molecule has 0 bridgehead atoms. The van der Waals surface area contributed by atoms with E-state index in [4.69, 9.17) is 16.7 Å². The number of hydrogen-bond donors (Lipinski definition) is 1. The van der Waals surface area contributed by atoms with E-state index in [0.29, 0.717) is 6.42 Å². The molecule has 0 aromatic heterocycles. The summed E-state index contributed by atoms with van der Waals surface area (Å²) in [6.45, 7) is 0.119. The first-order valence-electron chi connectivity index (χ1n) is 6.41. The van der Waals surface area contributed by atoms with Crippen LogP contribution in [0.1, 0.15) is 23.2 Å². The van der Waals surface area contributed by atoms with Gasteiger partial charge in [0.1, 0.15) is 10.9 Å². The number of esters is 1. The number of carboxylic acid groups (broad SMARTS) is 1. The Morgan fingerprint density at radius 1 is 1.41 bits per heavy atom. The summed E-state index contributed by atoms with van der Waals surface area (Å²) in [6.07, 6.45) is 0.723. The zero-order valence-corrected chi connectivity index (χ0v) is 13.2. The van der Waals surface area contributed by atoms with Crippen LogP contribution in [-0.4, -0.2) is 49.5 Å². The number of methoxy groups -OCH3 is 1. The Bertz CT molecular complexity index is 717. The van der Waals surface area contributed by atoms with Gasteiger partial charge in [0.15, 0.2) is 0 Å². The van der Waals surface area contributed by atoms with Gasteiger partial charge in [-0.3, -0.25) is 4.79 Å². The van der Waals surface area contributed by atoms with Crippen molar-refractivity contribution in [2.45, 2.75) is 23.8 Å². The summed E-state index contributed by atoms with van der Waals surface area (Å²) in [5, 5.41) is 8.96. The molecule has 1 aliphatic heterocycles. The van der Waals surface area contributed by atoms with Crippen molar-refractivity contribution in [3.05, 3.63) is 28.8 Å². The van der Waals surface area contributed by atoms with Gasteiger partial charge in [-0.2, -0.15) is 4.31 Å². The second-order valence-electron chi connectivity index (χ2n) is 4.75. The lowest BCUT2D eigenvalue weighted by Crippen LogP contribution is -2.40. The average molecular weight is 348 g/mol. The standard InChI is InChI=1S/C13H14ClNO6S/c1-21-13(18)8-4-5-11(9(14)7-8)22(19,20)15-6-2-3-10(15)12(16)17/h4-5,7,10H,2-3,6H2,1H3,(H,16,17). The number of ether oxygens (including phenoxy) is 1. The van der Waals surface area contributed by atoms with E-state index >= 15 is 0 Å². The molecule has 22 heavy (non-hydrogen) atoms. The van der Waals surface area contributed by atoms with Crippen molar-refractivity contribution < 1.29 is 27.9 Å². The van der Waals surface area contributed by atoms with E-state index < -0.39 is 28.0 Å². The number of carbonyl (C=O) groups excluding carboxylic acids is 1. The number of hydrogen-bond acceptors (Lipinski definition) is 5. The topological polar surface area (TPSA) is 101 Å². The molecule has 1 fully saturated rings. The first-order valence-corrected chi connectivity index (χ1v) is 8.23. The molecule has 1 aromatic rings. The molecular formula is C13H14ClNO6S. The molecule has 1 aliphatic rings. The lowest BCUT2D eigenvalue weighted by Gasteiger charge is -2.21. The quantitative estimate of drug-likeness (QED) is 0.825. The lowest BCUT2D eigenvalue weighted by atomic mass is 10.2. The van der Waals surface area contributed by atoms with Crippen molar-refractivity contribution in [2.24, 2.45) is 0 Å². The van der Waals surface area contributed by atoms with Crippen molar-refractivity contribution >= 4 is 33.6 Å². The molecule has 1 atom stereocenters. The second kappa shape index (κ2) is 6.23. The summed E-state index contributed by atoms with van der Waals surface area (Å²) >= 11 is 5.96. The van der Waals surface area contributed by atoms with Gasteiger partial charge in [0.2, 0.25) is 10.0 Å². The van der Waals surface area contributed by atoms with E-state index in [-0.39, 0.29) is 28.4 Å². The summed E-state index contributed by atoms with van der Waals surface area (Å²) in [6, 6.07) is 2.55. The highest BCUT2D eigenvalue weighted by atomic mass is 35.5. The van der Waals surface area contributed by atoms with Crippen LogP contribution in [0.15, 0.2) is 23.1 Å². The van der Waals surface area contributed by atoms with Crippen LogP contribution in [-0.2, 0) is 19.6 Å². The molecule has 7 nitrogen and oxygen atoms in total. The normalized spacial score (nSPS) is 19.1. The fraction of sp³-hybridized carbons (Fsp3) is 0.385. The van der Waals surface area contributed by atoms with Crippen molar-refractivity contribution in [2.75, 3.05) is 13.7 Å². The van der Waals surface area contributed by atoms with Gasteiger partial charge in [-0.1, -0.05) is 11.6 Å². The van der Waals surface area contributed by atoms with Gasteiger partial charge < -0.3 is 9.84 Å². The van der Waals surface area contributed by atoms with Gasteiger partial charge in [-0.05, 0) is 31.0 Å². The molecular weight excluding hydrogens is 334 g/mol. The van der Waals surface area contributed by atoms with E-state index in [0.717, 1.165) is 4.31 Å². The third-order valence-electron chi connectivity index (χ3n) is 3.43. The highest BCUT2D eigenvalue weighted by molar-refractivity contribution is 7.89. The van der Waals surface area contributed by atoms with Crippen molar-refractivity contribution in [1.29, 1.82) is 0 Å². The number of aliphatic carboxylic acids is 1. The predicted molar refractivity (Wildman–Crippen MR) is 77.3 cm³/mol. The van der Waals surface area contributed by atoms with Crippen LogP contribution in [0, 0.1) is 0 Å². The number of halogens is 1. The molecule has 1 N–H and O–H groups in total. The molecule has 0 aliphatic carbocycles. The Labute approximate surface area is 132 Å². The molecule has 0 amide bonds. The second-order valence-corrected chi connectivity index (χ2v) is 7.01. The number of nitrogens with zero attached hydrogens (tertiary/aromatic N) is 1. The van der Waals surface area contributed by atoms with Crippen LogP contribution in [0.3, 0.4) is 0 Å². The third kappa shape index (κ3) is 2.94. The van der Waals surface area contributed by atoms with Crippen LogP contribution in [0.2, 0.25) is 5.02 Å². The summed E-state index contributed by atoms with van der Waals surface area (Å²) in [7, 11) is -2.85. The van der Waals surface area contributed by atoms with Crippen LogP contribution in [0.25, 0.3) is 0 Å². The summed E-state index contributed by atoms with van der Waals surface area (Å²) in [5.74, 6) is -1.83. The molecule has 0 saturated carbocycles. The molecule has 0 radical (unpaired) electrons. The maximum Gasteiger partial charge on any atom is 0.337 e. The van der Waals surface area contributed by atoms with Crippen LogP contribution >= 0.6 is 11.6 Å². The first kappa shape index (κ1) is 16.7. The maximum atomic E-state index is 12.6. The zero-order chi connectivity index (χ0) is 16.5. The Hall–Kier alpha value is -1.64. The van der Waals surface area contributed by atoms with Gasteiger partial charge in [0.25, 0.3) is 0 Å². The Balaban J connectivity index is 2.42. The highest BCUT2D eigenvalue weighted by Crippen LogP contribution is 2.31. The van der Waals surface area contributed by atoms with E-state index in [1.54, 1.807) is 0 Å². The molecule has 2 rings (SSSR count). The van der Waals surface area contributed by atoms with Crippen molar-refractivity contribution in [3.63, 3.8) is 0 Å². The zero-order valence-electron chi connectivity index (χ0n) is 11.7. The predicted octanol–water partition coefficient (Wildman–Crippen LogP) is 1.36. The van der Waals surface area contributed by atoms with Gasteiger partial charge in [-0.15, -0.1) is 0 Å².